The van der Waals surface area contributed by atoms with Crippen molar-refractivity contribution in [2.24, 2.45) is 0 Å². The topological polar surface area (TPSA) is 38.7 Å². The smallest absolute Gasteiger partial charge is 0.133 e. The van der Waals surface area contributed by atoms with Crippen molar-refractivity contribution in [2.75, 3.05) is 6.61 Å². The summed E-state index contributed by atoms with van der Waals surface area (Å²) in [7, 11) is 0. The van der Waals surface area contributed by atoms with E-state index in [1.54, 1.807) is 0 Å². The third-order valence-electron chi connectivity index (χ3n) is 3.81. The molecule has 0 saturated heterocycles. The van der Waals surface area contributed by atoms with Crippen LogP contribution in [-0.4, -0.2) is 17.8 Å². The molecule has 0 amide bonds. The quantitative estimate of drug-likeness (QED) is 0.935. The molecule has 3 nitrogen and oxygen atoms in total. The lowest BCUT2D eigenvalue weighted by Crippen LogP contribution is -2.23. The molecule has 0 saturated carbocycles. The molecule has 2 atom stereocenters. The second-order valence-electron chi connectivity index (χ2n) is 5.39. The van der Waals surface area contributed by atoms with Crippen molar-refractivity contribution < 1.29 is 14.6 Å². The minimum Gasteiger partial charge on any atom is -0.493 e. The van der Waals surface area contributed by atoms with Crippen LogP contribution in [0.2, 0.25) is 0 Å². The summed E-state index contributed by atoms with van der Waals surface area (Å²) in [6, 6.07) is 13.8. The maximum absolute atomic E-state index is 10.7. The van der Waals surface area contributed by atoms with Gasteiger partial charge in [-0.3, -0.25) is 0 Å². The van der Waals surface area contributed by atoms with Crippen molar-refractivity contribution in [3.63, 3.8) is 0 Å². The second-order valence-corrected chi connectivity index (χ2v) is 5.39. The van der Waals surface area contributed by atoms with Crippen LogP contribution in [0.3, 0.4) is 0 Å². The van der Waals surface area contributed by atoms with Crippen LogP contribution in [0, 0.1) is 6.92 Å². The summed E-state index contributed by atoms with van der Waals surface area (Å²) in [5.41, 5.74) is 3.05. The third kappa shape index (κ3) is 2.74. The molecular weight excluding hydrogens is 264 g/mol. The Morgan fingerprint density at radius 1 is 1.29 bits per heavy atom. The van der Waals surface area contributed by atoms with Gasteiger partial charge in [-0.15, -0.1) is 0 Å². The van der Waals surface area contributed by atoms with Crippen molar-refractivity contribution in [3.8, 4) is 11.5 Å². The molecule has 1 heterocycles. The average Bonchev–Trinajstić information content (AvgIpc) is 2.92. The summed E-state index contributed by atoms with van der Waals surface area (Å²) >= 11 is 0. The van der Waals surface area contributed by atoms with E-state index in [-0.39, 0.29) is 6.10 Å². The number of para-hydroxylation sites is 1. The maximum atomic E-state index is 10.7. The number of aryl methyl sites for hydroxylation is 1. The molecule has 3 rings (SSSR count). The number of hydrogen-bond donors (Lipinski definition) is 1. The molecule has 0 radical (unpaired) electrons. The summed E-state index contributed by atoms with van der Waals surface area (Å²) < 4.78 is 11.5. The summed E-state index contributed by atoms with van der Waals surface area (Å²) in [5.74, 6) is 1.60. The Morgan fingerprint density at radius 3 is 2.86 bits per heavy atom. The standard InChI is InChI=1S/C18H20O3/c1-3-20-16-9-8-12(2)10-14(16)18(19)17-11-13-6-4-5-7-15(13)21-17/h4-10,17-19H,3,11H2,1-2H3. The zero-order valence-electron chi connectivity index (χ0n) is 12.4. The minimum atomic E-state index is -0.696. The monoisotopic (exact) mass is 284 g/mol. The first kappa shape index (κ1) is 14.0. The largest absolute Gasteiger partial charge is 0.493 e. The molecule has 0 fully saturated rings. The fraction of sp³-hybridized carbons (Fsp3) is 0.333. The first-order valence-electron chi connectivity index (χ1n) is 7.35. The molecule has 1 N–H and O–H groups in total. The van der Waals surface area contributed by atoms with Crippen LogP contribution in [0.1, 0.15) is 29.7 Å². The summed E-state index contributed by atoms with van der Waals surface area (Å²) in [5, 5.41) is 10.7. The first-order chi connectivity index (χ1) is 10.2. The SMILES string of the molecule is CCOc1ccc(C)cc1C(O)C1Cc2ccccc2O1. The number of hydrogen-bond acceptors (Lipinski definition) is 3. The Balaban J connectivity index is 1.86. The van der Waals surface area contributed by atoms with Gasteiger partial charge in [-0.1, -0.05) is 29.8 Å². The van der Waals surface area contributed by atoms with Gasteiger partial charge in [0.05, 0.1) is 6.61 Å². The molecule has 1 aliphatic rings. The van der Waals surface area contributed by atoms with E-state index in [0.29, 0.717) is 6.61 Å². The zero-order chi connectivity index (χ0) is 14.8. The van der Waals surface area contributed by atoms with E-state index in [4.69, 9.17) is 9.47 Å². The van der Waals surface area contributed by atoms with Gasteiger partial charge in [0.2, 0.25) is 0 Å². The predicted octanol–water partition coefficient (Wildman–Crippen LogP) is 3.43. The molecule has 2 aromatic carbocycles. The third-order valence-corrected chi connectivity index (χ3v) is 3.81. The van der Waals surface area contributed by atoms with Gasteiger partial charge in [0.15, 0.2) is 0 Å². The van der Waals surface area contributed by atoms with E-state index in [9.17, 15) is 5.11 Å². The van der Waals surface area contributed by atoms with Crippen molar-refractivity contribution in [1.82, 2.24) is 0 Å². The fourth-order valence-corrected chi connectivity index (χ4v) is 2.77. The van der Waals surface area contributed by atoms with E-state index in [2.05, 4.69) is 0 Å². The highest BCUT2D eigenvalue weighted by Gasteiger charge is 2.31. The van der Waals surface area contributed by atoms with E-state index in [1.807, 2.05) is 56.3 Å². The summed E-state index contributed by atoms with van der Waals surface area (Å²) in [4.78, 5) is 0. The molecule has 0 aliphatic carbocycles. The number of aliphatic hydroxyl groups is 1. The molecule has 1 aliphatic heterocycles. The molecule has 0 spiro atoms. The summed E-state index contributed by atoms with van der Waals surface area (Å²) in [6.45, 7) is 4.53. The van der Waals surface area contributed by atoms with Gasteiger partial charge in [-0.2, -0.15) is 0 Å². The van der Waals surface area contributed by atoms with Crippen LogP contribution in [-0.2, 0) is 6.42 Å². The average molecular weight is 284 g/mol. The van der Waals surface area contributed by atoms with Crippen molar-refractivity contribution in [1.29, 1.82) is 0 Å². The molecule has 110 valence electrons. The van der Waals surface area contributed by atoms with Crippen molar-refractivity contribution in [2.45, 2.75) is 32.5 Å². The van der Waals surface area contributed by atoms with Crippen LogP contribution in [0.4, 0.5) is 0 Å². The van der Waals surface area contributed by atoms with Crippen LogP contribution >= 0.6 is 0 Å². The van der Waals surface area contributed by atoms with Crippen molar-refractivity contribution >= 4 is 0 Å². The normalized spacial score (nSPS) is 18.0. The molecule has 2 aromatic rings. The van der Waals surface area contributed by atoms with Crippen LogP contribution < -0.4 is 9.47 Å². The lowest BCUT2D eigenvalue weighted by Gasteiger charge is -2.21. The predicted molar refractivity (Wildman–Crippen MR) is 81.9 cm³/mol. The summed E-state index contributed by atoms with van der Waals surface area (Å²) in [6.07, 6.45) is -0.237. The van der Waals surface area contributed by atoms with Gasteiger partial charge < -0.3 is 14.6 Å². The van der Waals surface area contributed by atoms with Gasteiger partial charge in [0, 0.05) is 12.0 Å². The number of rotatable bonds is 4. The van der Waals surface area contributed by atoms with E-state index >= 15 is 0 Å². The van der Waals surface area contributed by atoms with Gasteiger partial charge in [0.1, 0.15) is 23.7 Å². The van der Waals surface area contributed by atoms with Crippen LogP contribution in [0.5, 0.6) is 11.5 Å². The van der Waals surface area contributed by atoms with E-state index < -0.39 is 6.10 Å². The number of fused-ring (bicyclic) bond motifs is 1. The molecule has 0 aromatic heterocycles. The highest BCUT2D eigenvalue weighted by molar-refractivity contribution is 5.42. The molecule has 3 heteroatoms. The Hall–Kier alpha value is -2.00. The lowest BCUT2D eigenvalue weighted by atomic mass is 9.98. The first-order valence-corrected chi connectivity index (χ1v) is 7.35. The van der Waals surface area contributed by atoms with Crippen LogP contribution in [0.25, 0.3) is 0 Å². The Morgan fingerprint density at radius 2 is 2.10 bits per heavy atom. The van der Waals surface area contributed by atoms with E-state index in [1.165, 1.54) is 0 Å². The Kier molecular flexibility index (Phi) is 3.84. The highest BCUT2D eigenvalue weighted by atomic mass is 16.5. The van der Waals surface area contributed by atoms with E-state index in [0.717, 1.165) is 34.6 Å². The van der Waals surface area contributed by atoms with Gasteiger partial charge >= 0.3 is 0 Å². The Labute approximate surface area is 125 Å². The minimum absolute atomic E-state index is 0.261. The van der Waals surface area contributed by atoms with Crippen molar-refractivity contribution in [3.05, 3.63) is 59.2 Å². The number of benzene rings is 2. The van der Waals surface area contributed by atoms with Crippen LogP contribution in [0.15, 0.2) is 42.5 Å². The fourth-order valence-electron chi connectivity index (χ4n) is 2.77. The molecule has 2 unspecified atom stereocenters. The van der Waals surface area contributed by atoms with Gasteiger partial charge in [0.25, 0.3) is 0 Å². The zero-order valence-corrected chi connectivity index (χ0v) is 12.4. The molecule has 0 bridgehead atoms. The molecular formula is C18H20O3. The second kappa shape index (κ2) is 5.78. The number of aliphatic hydroxyl groups excluding tert-OH is 1. The Bertz CT molecular complexity index is 611. The number of ether oxygens (including phenoxy) is 2. The van der Waals surface area contributed by atoms with Gasteiger partial charge in [-0.25, -0.2) is 0 Å². The highest BCUT2D eigenvalue weighted by Crippen LogP contribution is 2.37. The lowest BCUT2D eigenvalue weighted by molar-refractivity contribution is 0.0471. The maximum Gasteiger partial charge on any atom is 0.133 e. The van der Waals surface area contributed by atoms with Gasteiger partial charge in [-0.05, 0) is 37.6 Å². The molecule has 21 heavy (non-hydrogen) atoms.